The lowest BCUT2D eigenvalue weighted by Crippen LogP contribution is -2.55. The van der Waals surface area contributed by atoms with Crippen molar-refractivity contribution in [2.24, 2.45) is 0 Å². The summed E-state index contributed by atoms with van der Waals surface area (Å²) in [4.78, 5) is 18.8. The number of amides is 2. The van der Waals surface area contributed by atoms with Crippen molar-refractivity contribution in [2.75, 3.05) is 25.0 Å². The first kappa shape index (κ1) is 16.5. The number of anilines is 1. The molecule has 1 aromatic heterocycles. The van der Waals surface area contributed by atoms with E-state index < -0.39 is 0 Å². The summed E-state index contributed by atoms with van der Waals surface area (Å²) < 4.78 is 0. The minimum absolute atomic E-state index is 0.0120. The molecule has 0 radical (unpaired) electrons. The molecule has 1 saturated heterocycles. The normalized spacial score (nSPS) is 17.5. The third-order valence-electron chi connectivity index (χ3n) is 4.49. The van der Waals surface area contributed by atoms with Crippen LogP contribution in [0.4, 0.5) is 10.5 Å². The van der Waals surface area contributed by atoms with E-state index >= 15 is 0 Å². The third kappa shape index (κ3) is 4.11. The SMILES string of the molecule is Cc1ccccc1NC(=O)N1CCNCC1CCc1cccnc1. The zero-order valence-electron chi connectivity index (χ0n) is 14.0. The molecule has 24 heavy (non-hydrogen) atoms. The van der Waals surface area contributed by atoms with Gasteiger partial charge in [0.2, 0.25) is 0 Å². The van der Waals surface area contributed by atoms with Crippen LogP contribution in [-0.2, 0) is 6.42 Å². The molecule has 2 amide bonds. The number of hydrogen-bond acceptors (Lipinski definition) is 3. The summed E-state index contributed by atoms with van der Waals surface area (Å²) in [5.41, 5.74) is 3.17. The van der Waals surface area contributed by atoms with Crippen molar-refractivity contribution >= 4 is 11.7 Å². The van der Waals surface area contributed by atoms with Gasteiger partial charge in [0.25, 0.3) is 0 Å². The quantitative estimate of drug-likeness (QED) is 0.909. The lowest BCUT2D eigenvalue weighted by Gasteiger charge is -2.36. The molecule has 1 fully saturated rings. The number of urea groups is 1. The minimum atomic E-state index is -0.0120. The second kappa shape index (κ2) is 7.93. The Morgan fingerprint density at radius 1 is 1.33 bits per heavy atom. The van der Waals surface area contributed by atoms with Gasteiger partial charge in [-0.3, -0.25) is 4.98 Å². The molecule has 1 aromatic carbocycles. The Morgan fingerprint density at radius 2 is 2.21 bits per heavy atom. The van der Waals surface area contributed by atoms with Gasteiger partial charge < -0.3 is 15.5 Å². The molecule has 0 spiro atoms. The molecule has 0 saturated carbocycles. The number of aromatic nitrogens is 1. The number of para-hydroxylation sites is 1. The second-order valence-corrected chi connectivity index (χ2v) is 6.20. The zero-order valence-corrected chi connectivity index (χ0v) is 14.0. The second-order valence-electron chi connectivity index (χ2n) is 6.20. The number of aryl methyl sites for hydroxylation is 2. The van der Waals surface area contributed by atoms with E-state index in [0.29, 0.717) is 0 Å². The van der Waals surface area contributed by atoms with E-state index in [9.17, 15) is 4.79 Å². The number of carbonyl (C=O) groups is 1. The molecule has 1 unspecified atom stereocenters. The number of nitrogens with zero attached hydrogens (tertiary/aromatic N) is 2. The highest BCUT2D eigenvalue weighted by Gasteiger charge is 2.26. The molecule has 0 aliphatic carbocycles. The Kier molecular flexibility index (Phi) is 5.43. The monoisotopic (exact) mass is 324 g/mol. The van der Waals surface area contributed by atoms with E-state index in [1.807, 2.05) is 48.4 Å². The van der Waals surface area contributed by atoms with Crippen molar-refractivity contribution in [1.29, 1.82) is 0 Å². The maximum absolute atomic E-state index is 12.7. The van der Waals surface area contributed by atoms with Crippen molar-refractivity contribution in [2.45, 2.75) is 25.8 Å². The van der Waals surface area contributed by atoms with Gasteiger partial charge in [0.05, 0.1) is 0 Å². The van der Waals surface area contributed by atoms with E-state index in [1.54, 1.807) is 6.20 Å². The molecule has 1 aliphatic heterocycles. The smallest absolute Gasteiger partial charge is 0.319 e. The van der Waals surface area contributed by atoms with E-state index in [1.165, 1.54) is 5.56 Å². The number of rotatable bonds is 4. The molecule has 2 N–H and O–H groups in total. The largest absolute Gasteiger partial charge is 0.322 e. The van der Waals surface area contributed by atoms with Gasteiger partial charge in [-0.1, -0.05) is 24.3 Å². The van der Waals surface area contributed by atoms with Crippen LogP contribution in [0.3, 0.4) is 0 Å². The molecule has 3 rings (SSSR count). The fourth-order valence-electron chi connectivity index (χ4n) is 3.07. The van der Waals surface area contributed by atoms with Crippen LogP contribution in [0.15, 0.2) is 48.8 Å². The van der Waals surface area contributed by atoms with Crippen LogP contribution in [-0.4, -0.2) is 41.6 Å². The van der Waals surface area contributed by atoms with Gasteiger partial charge in [-0.05, 0) is 43.0 Å². The van der Waals surface area contributed by atoms with Crippen molar-refractivity contribution in [1.82, 2.24) is 15.2 Å². The van der Waals surface area contributed by atoms with Gasteiger partial charge >= 0.3 is 6.03 Å². The first-order valence-corrected chi connectivity index (χ1v) is 8.47. The Balaban J connectivity index is 1.63. The molecule has 5 nitrogen and oxygen atoms in total. The van der Waals surface area contributed by atoms with Crippen molar-refractivity contribution in [3.63, 3.8) is 0 Å². The molecule has 5 heteroatoms. The molecule has 2 heterocycles. The molecular formula is C19H24N4O. The Morgan fingerprint density at radius 3 is 3.00 bits per heavy atom. The van der Waals surface area contributed by atoms with E-state index in [2.05, 4.69) is 21.7 Å². The Labute approximate surface area is 143 Å². The predicted molar refractivity (Wildman–Crippen MR) is 96.1 cm³/mol. The molecule has 0 bridgehead atoms. The summed E-state index contributed by atoms with van der Waals surface area (Å²) in [6, 6.07) is 12.1. The van der Waals surface area contributed by atoms with Crippen LogP contribution >= 0.6 is 0 Å². The standard InChI is InChI=1S/C19H24N4O/c1-15-5-2-3-7-18(15)22-19(24)23-12-11-21-14-17(23)9-8-16-6-4-10-20-13-16/h2-7,10,13,17,21H,8-9,11-12,14H2,1H3,(H,22,24). The predicted octanol–water partition coefficient (Wildman–Crippen LogP) is 2.83. The average molecular weight is 324 g/mol. The van der Waals surface area contributed by atoms with Crippen LogP contribution < -0.4 is 10.6 Å². The van der Waals surface area contributed by atoms with Gasteiger partial charge in [-0.25, -0.2) is 4.79 Å². The molecule has 1 atom stereocenters. The summed E-state index contributed by atoms with van der Waals surface area (Å²) in [7, 11) is 0. The summed E-state index contributed by atoms with van der Waals surface area (Å²) in [5, 5.41) is 6.45. The third-order valence-corrected chi connectivity index (χ3v) is 4.49. The number of hydrogen-bond donors (Lipinski definition) is 2. The van der Waals surface area contributed by atoms with Crippen LogP contribution in [0, 0.1) is 6.92 Å². The molecule has 126 valence electrons. The highest BCUT2D eigenvalue weighted by molar-refractivity contribution is 5.90. The fraction of sp³-hybridized carbons (Fsp3) is 0.368. The first-order valence-electron chi connectivity index (χ1n) is 8.47. The summed E-state index contributed by atoms with van der Waals surface area (Å²) in [5.74, 6) is 0. The van der Waals surface area contributed by atoms with Gasteiger partial charge in [0.1, 0.15) is 0 Å². The van der Waals surface area contributed by atoms with Gasteiger partial charge in [-0.2, -0.15) is 0 Å². The van der Waals surface area contributed by atoms with Crippen LogP contribution in [0.2, 0.25) is 0 Å². The Hall–Kier alpha value is -2.40. The topological polar surface area (TPSA) is 57.3 Å². The lowest BCUT2D eigenvalue weighted by molar-refractivity contribution is 0.166. The molecular weight excluding hydrogens is 300 g/mol. The van der Waals surface area contributed by atoms with Crippen molar-refractivity contribution in [3.05, 3.63) is 59.9 Å². The van der Waals surface area contributed by atoms with Gasteiger partial charge in [0, 0.05) is 43.8 Å². The molecule has 1 aliphatic rings. The van der Waals surface area contributed by atoms with Crippen LogP contribution in [0.1, 0.15) is 17.5 Å². The number of piperazine rings is 1. The average Bonchev–Trinajstić information content (AvgIpc) is 2.63. The summed E-state index contributed by atoms with van der Waals surface area (Å²) in [6.45, 7) is 4.41. The van der Waals surface area contributed by atoms with E-state index in [4.69, 9.17) is 0 Å². The number of pyridine rings is 1. The highest BCUT2D eigenvalue weighted by atomic mass is 16.2. The fourth-order valence-corrected chi connectivity index (χ4v) is 3.07. The number of carbonyl (C=O) groups excluding carboxylic acids is 1. The van der Waals surface area contributed by atoms with Gasteiger partial charge in [0.15, 0.2) is 0 Å². The number of nitrogens with one attached hydrogen (secondary N) is 2. The van der Waals surface area contributed by atoms with Crippen LogP contribution in [0.25, 0.3) is 0 Å². The van der Waals surface area contributed by atoms with Crippen molar-refractivity contribution in [3.8, 4) is 0 Å². The number of benzene rings is 1. The van der Waals surface area contributed by atoms with E-state index in [0.717, 1.165) is 43.7 Å². The Bertz CT molecular complexity index is 674. The minimum Gasteiger partial charge on any atom is -0.319 e. The first-order chi connectivity index (χ1) is 11.7. The maximum Gasteiger partial charge on any atom is 0.322 e. The summed E-state index contributed by atoms with van der Waals surface area (Å²) >= 11 is 0. The lowest BCUT2D eigenvalue weighted by atomic mass is 10.0. The highest BCUT2D eigenvalue weighted by Crippen LogP contribution is 2.17. The van der Waals surface area contributed by atoms with E-state index in [-0.39, 0.29) is 12.1 Å². The zero-order chi connectivity index (χ0) is 16.8. The summed E-state index contributed by atoms with van der Waals surface area (Å²) in [6.07, 6.45) is 5.54. The maximum atomic E-state index is 12.7. The molecule has 2 aromatic rings. The van der Waals surface area contributed by atoms with Crippen molar-refractivity contribution < 1.29 is 4.79 Å². The van der Waals surface area contributed by atoms with Gasteiger partial charge in [-0.15, -0.1) is 0 Å². The van der Waals surface area contributed by atoms with Crippen LogP contribution in [0.5, 0.6) is 0 Å².